The van der Waals surface area contributed by atoms with Crippen LogP contribution in [0.1, 0.15) is 27.2 Å². The van der Waals surface area contributed by atoms with Crippen molar-refractivity contribution < 1.29 is 19.4 Å². The third-order valence-corrected chi connectivity index (χ3v) is 8.20. The Bertz CT molecular complexity index is 2280. The number of hydrogen-bond acceptors (Lipinski definition) is 6. The summed E-state index contributed by atoms with van der Waals surface area (Å²) in [6.07, 6.45) is 0.688. The number of pyridine rings is 1. The van der Waals surface area contributed by atoms with Crippen LogP contribution in [0.5, 0.6) is 5.75 Å². The highest BCUT2D eigenvalue weighted by molar-refractivity contribution is 6.31. The Morgan fingerprint density at radius 1 is 0.867 bits per heavy atom. The van der Waals surface area contributed by atoms with Crippen LogP contribution in [0.2, 0.25) is 5.02 Å². The molecule has 0 atom stereocenters. The fourth-order valence-electron chi connectivity index (χ4n) is 5.77. The summed E-state index contributed by atoms with van der Waals surface area (Å²) in [7, 11) is 0. The lowest BCUT2D eigenvalue weighted by molar-refractivity contribution is 0.0697. The second kappa shape index (κ2) is 11.4. The van der Waals surface area contributed by atoms with Crippen molar-refractivity contribution in [3.63, 3.8) is 0 Å². The van der Waals surface area contributed by atoms with Gasteiger partial charge in [-0.05, 0) is 47.5 Å². The first kappa shape index (κ1) is 28.1. The van der Waals surface area contributed by atoms with Crippen molar-refractivity contribution >= 4 is 45.1 Å². The van der Waals surface area contributed by atoms with E-state index in [1.165, 1.54) is 18.2 Å². The van der Waals surface area contributed by atoms with E-state index in [4.69, 9.17) is 21.0 Å². The standard InChI is InChI=1S/C37H25ClN2O5/c38-29-18-27-33(19-32(29)42)45-36-26(34(27)24-10-4-5-11-25(24)37(43)44)15-16-31(41)28(36)20-39-30-12-6-9-22-13-14-23(40-35(22)30)17-21-7-2-1-3-8-21/h1-16,18-19,39,41H,17,20H2,(H,43,44). The molecule has 2 aliphatic rings. The molecule has 45 heavy (non-hydrogen) atoms. The van der Waals surface area contributed by atoms with Gasteiger partial charge in [-0.2, -0.15) is 0 Å². The highest BCUT2D eigenvalue weighted by Crippen LogP contribution is 2.44. The summed E-state index contributed by atoms with van der Waals surface area (Å²) in [6, 6.07) is 32.7. The number of phenolic OH excluding ortho intramolecular Hbond substituents is 1. The van der Waals surface area contributed by atoms with Gasteiger partial charge in [-0.25, -0.2) is 4.79 Å². The second-order valence-electron chi connectivity index (χ2n) is 10.7. The molecule has 8 heteroatoms. The summed E-state index contributed by atoms with van der Waals surface area (Å²) in [5.74, 6) is -0.906. The van der Waals surface area contributed by atoms with Crippen molar-refractivity contribution in [2.45, 2.75) is 13.0 Å². The molecule has 0 spiro atoms. The van der Waals surface area contributed by atoms with E-state index < -0.39 is 11.4 Å². The Kier molecular flexibility index (Phi) is 7.16. The summed E-state index contributed by atoms with van der Waals surface area (Å²) in [6.45, 7) is 0.153. The van der Waals surface area contributed by atoms with Crippen LogP contribution in [0.15, 0.2) is 118 Å². The summed E-state index contributed by atoms with van der Waals surface area (Å²) >= 11 is 6.25. The van der Waals surface area contributed by atoms with E-state index in [0.29, 0.717) is 39.6 Å². The van der Waals surface area contributed by atoms with Crippen molar-refractivity contribution in [3.8, 4) is 28.2 Å². The highest BCUT2D eigenvalue weighted by atomic mass is 35.5. The number of aromatic hydroxyl groups is 1. The molecule has 0 unspecified atom stereocenters. The van der Waals surface area contributed by atoms with Gasteiger partial charge in [-0.15, -0.1) is 0 Å². The maximum atomic E-state index is 12.6. The molecule has 2 heterocycles. The van der Waals surface area contributed by atoms with Crippen LogP contribution in [0.25, 0.3) is 44.3 Å². The molecule has 0 fully saturated rings. The first-order valence-electron chi connectivity index (χ1n) is 14.3. The topological polar surface area (TPSA) is 113 Å². The number of benzene rings is 5. The minimum atomic E-state index is -1.10. The third-order valence-electron chi connectivity index (χ3n) is 7.91. The molecule has 4 aromatic carbocycles. The molecule has 1 aromatic heterocycles. The molecule has 7 rings (SSSR count). The molecule has 0 saturated heterocycles. The molecule has 0 amide bonds. The second-order valence-corrected chi connectivity index (χ2v) is 11.1. The molecule has 1 aliphatic heterocycles. The lowest BCUT2D eigenvalue weighted by Gasteiger charge is -2.19. The van der Waals surface area contributed by atoms with Gasteiger partial charge in [0.25, 0.3) is 0 Å². The number of anilines is 1. The largest absolute Gasteiger partial charge is 0.507 e. The average Bonchev–Trinajstić information content (AvgIpc) is 3.04. The molecule has 1 aliphatic carbocycles. The minimum absolute atomic E-state index is 0.0122. The van der Waals surface area contributed by atoms with Gasteiger partial charge in [-0.1, -0.05) is 78.3 Å². The van der Waals surface area contributed by atoms with Gasteiger partial charge in [0.2, 0.25) is 5.43 Å². The Balaban J connectivity index is 1.37. The molecular weight excluding hydrogens is 588 g/mol. The number of nitrogens with zero attached hydrogens (tertiary/aromatic N) is 1. The van der Waals surface area contributed by atoms with E-state index in [0.717, 1.165) is 27.8 Å². The molecule has 0 radical (unpaired) electrons. The van der Waals surface area contributed by atoms with E-state index >= 15 is 0 Å². The lowest BCUT2D eigenvalue weighted by atomic mass is 9.90. The minimum Gasteiger partial charge on any atom is -0.507 e. The van der Waals surface area contributed by atoms with Gasteiger partial charge in [-0.3, -0.25) is 9.78 Å². The van der Waals surface area contributed by atoms with Crippen LogP contribution < -0.4 is 10.7 Å². The lowest BCUT2D eigenvalue weighted by Crippen LogP contribution is -2.06. The molecule has 0 saturated carbocycles. The van der Waals surface area contributed by atoms with Crippen LogP contribution >= 0.6 is 11.6 Å². The SMILES string of the molecule is O=C(O)c1ccccc1-c1c2cc(Cl)c(=O)cc-2oc2c(CNc3cccc4ccc(Cc5ccccc5)nc34)c(O)ccc12. The molecule has 5 aromatic rings. The van der Waals surface area contributed by atoms with Crippen LogP contribution in [-0.4, -0.2) is 21.2 Å². The number of carboxylic acid groups (broad SMARTS) is 1. The number of aromatic carboxylic acids is 1. The fraction of sp³-hybridized carbons (Fsp3) is 0.0541. The first-order chi connectivity index (χ1) is 21.9. The number of phenols is 1. The zero-order valence-electron chi connectivity index (χ0n) is 23.8. The number of rotatable bonds is 7. The molecule has 3 N–H and O–H groups in total. The normalized spacial score (nSPS) is 11.3. The number of hydrogen-bond donors (Lipinski definition) is 3. The predicted molar refractivity (Wildman–Crippen MR) is 176 cm³/mol. The van der Waals surface area contributed by atoms with Crippen molar-refractivity contribution in [2.24, 2.45) is 0 Å². The van der Waals surface area contributed by atoms with Crippen LogP contribution in [0.3, 0.4) is 0 Å². The fourth-order valence-corrected chi connectivity index (χ4v) is 5.93. The van der Waals surface area contributed by atoms with E-state index in [9.17, 15) is 19.8 Å². The summed E-state index contributed by atoms with van der Waals surface area (Å²) in [5.41, 5.74) is 5.47. The summed E-state index contributed by atoms with van der Waals surface area (Å²) < 4.78 is 6.30. The molecule has 7 nitrogen and oxygen atoms in total. The summed E-state index contributed by atoms with van der Waals surface area (Å²) in [5, 5.41) is 26.0. The number of nitrogens with one attached hydrogen (secondary N) is 1. The Hall–Kier alpha value is -5.66. The number of para-hydroxylation sites is 1. The maximum Gasteiger partial charge on any atom is 0.336 e. The van der Waals surface area contributed by atoms with Crippen LogP contribution in [0, 0.1) is 0 Å². The van der Waals surface area contributed by atoms with Gasteiger partial charge in [0.05, 0.1) is 27.4 Å². The van der Waals surface area contributed by atoms with E-state index in [-0.39, 0.29) is 28.6 Å². The highest BCUT2D eigenvalue weighted by Gasteiger charge is 2.24. The Morgan fingerprint density at radius 3 is 2.49 bits per heavy atom. The molecule has 220 valence electrons. The third kappa shape index (κ3) is 5.24. The molecular formula is C37H25ClN2O5. The number of carbonyl (C=O) groups is 1. The van der Waals surface area contributed by atoms with E-state index in [1.54, 1.807) is 30.3 Å². The average molecular weight is 613 g/mol. The van der Waals surface area contributed by atoms with Gasteiger partial charge < -0.3 is 19.9 Å². The van der Waals surface area contributed by atoms with Crippen molar-refractivity contribution in [1.82, 2.24) is 4.98 Å². The zero-order valence-corrected chi connectivity index (χ0v) is 24.5. The summed E-state index contributed by atoms with van der Waals surface area (Å²) in [4.78, 5) is 29.8. The van der Waals surface area contributed by atoms with Crippen LogP contribution in [0.4, 0.5) is 5.69 Å². The monoisotopic (exact) mass is 612 g/mol. The molecule has 0 bridgehead atoms. The van der Waals surface area contributed by atoms with Gasteiger partial charge in [0.1, 0.15) is 17.1 Å². The van der Waals surface area contributed by atoms with Crippen molar-refractivity contribution in [1.29, 1.82) is 0 Å². The van der Waals surface area contributed by atoms with Gasteiger partial charge >= 0.3 is 5.97 Å². The first-order valence-corrected chi connectivity index (χ1v) is 14.7. The quantitative estimate of drug-likeness (QED) is 0.155. The van der Waals surface area contributed by atoms with Gasteiger partial charge in [0.15, 0.2) is 0 Å². The Labute approximate surface area is 262 Å². The van der Waals surface area contributed by atoms with Crippen molar-refractivity contribution in [2.75, 3.05) is 5.32 Å². The van der Waals surface area contributed by atoms with Gasteiger partial charge in [0, 0.05) is 46.6 Å². The number of fused-ring (bicyclic) bond motifs is 3. The number of halogens is 1. The maximum absolute atomic E-state index is 12.6. The van der Waals surface area contributed by atoms with E-state index in [2.05, 4.69) is 17.4 Å². The van der Waals surface area contributed by atoms with Crippen molar-refractivity contribution in [3.05, 3.63) is 147 Å². The van der Waals surface area contributed by atoms with Crippen LogP contribution in [-0.2, 0) is 13.0 Å². The number of aromatic nitrogens is 1. The predicted octanol–water partition coefficient (Wildman–Crippen LogP) is 8.37. The smallest absolute Gasteiger partial charge is 0.336 e. The zero-order chi connectivity index (χ0) is 31.1. The number of carboxylic acids is 1. The van der Waals surface area contributed by atoms with E-state index in [1.807, 2.05) is 48.5 Å². The Morgan fingerprint density at radius 2 is 1.67 bits per heavy atom.